The molecule has 0 aromatic carbocycles. The van der Waals surface area contributed by atoms with Crippen molar-refractivity contribution in [1.29, 1.82) is 0 Å². The summed E-state index contributed by atoms with van der Waals surface area (Å²) in [7, 11) is 0. The Kier molecular flexibility index (Phi) is 3.18. The zero-order valence-corrected chi connectivity index (χ0v) is 10.00. The second-order valence-corrected chi connectivity index (χ2v) is 4.60. The lowest BCUT2D eigenvalue weighted by atomic mass is 10.0. The lowest BCUT2D eigenvalue weighted by Crippen LogP contribution is -2.33. The smallest absolute Gasteiger partial charge is 0.410 e. The molecule has 2 heterocycles. The molecule has 1 aromatic heterocycles. The van der Waals surface area contributed by atoms with E-state index in [-0.39, 0.29) is 13.0 Å². The van der Waals surface area contributed by atoms with E-state index in [0.29, 0.717) is 6.54 Å². The van der Waals surface area contributed by atoms with Gasteiger partial charge < -0.3 is 9.84 Å². The molecule has 1 aliphatic rings. The summed E-state index contributed by atoms with van der Waals surface area (Å²) in [6.45, 7) is 2.31. The van der Waals surface area contributed by atoms with E-state index < -0.39 is 17.7 Å². The molecule has 6 nitrogen and oxygen atoms in total. The van der Waals surface area contributed by atoms with E-state index in [2.05, 4.69) is 4.98 Å². The van der Waals surface area contributed by atoms with Crippen molar-refractivity contribution in [3.63, 3.8) is 0 Å². The first-order valence-corrected chi connectivity index (χ1v) is 5.57. The molecular formula is C12H14N2O4. The third kappa shape index (κ3) is 2.77. The first-order chi connectivity index (χ1) is 8.48. The molecule has 1 fully saturated rings. The van der Waals surface area contributed by atoms with E-state index in [1.165, 1.54) is 4.90 Å². The van der Waals surface area contributed by atoms with E-state index in [4.69, 9.17) is 9.84 Å². The van der Waals surface area contributed by atoms with E-state index in [9.17, 15) is 9.59 Å². The van der Waals surface area contributed by atoms with Crippen LogP contribution in [-0.4, -0.2) is 39.2 Å². The van der Waals surface area contributed by atoms with Gasteiger partial charge in [-0.1, -0.05) is 0 Å². The molecule has 1 atom stereocenters. The molecule has 0 aliphatic carbocycles. The van der Waals surface area contributed by atoms with E-state index in [0.717, 1.165) is 5.56 Å². The molecule has 96 valence electrons. The normalized spacial score (nSPS) is 22.9. The van der Waals surface area contributed by atoms with Crippen molar-refractivity contribution in [1.82, 2.24) is 9.88 Å². The van der Waals surface area contributed by atoms with Gasteiger partial charge in [-0.3, -0.25) is 14.7 Å². The van der Waals surface area contributed by atoms with Crippen LogP contribution in [0.25, 0.3) is 0 Å². The Morgan fingerprint density at radius 3 is 2.83 bits per heavy atom. The molecule has 18 heavy (non-hydrogen) atoms. The van der Waals surface area contributed by atoms with Crippen LogP contribution in [-0.2, 0) is 16.1 Å². The Morgan fingerprint density at radius 2 is 2.22 bits per heavy atom. The predicted molar refractivity (Wildman–Crippen MR) is 61.8 cm³/mol. The Labute approximate surface area is 104 Å². The van der Waals surface area contributed by atoms with Crippen molar-refractivity contribution in [3.05, 3.63) is 30.1 Å². The lowest BCUT2D eigenvalue weighted by molar-refractivity contribution is -0.140. The van der Waals surface area contributed by atoms with E-state index >= 15 is 0 Å². The molecule has 1 aliphatic heterocycles. The SMILES string of the molecule is CC1(CC(=O)O)CN(Cc2ccncc2)C(=O)O1. The van der Waals surface area contributed by atoms with E-state index in [1.807, 2.05) is 0 Å². The second-order valence-electron chi connectivity index (χ2n) is 4.60. The van der Waals surface area contributed by atoms with E-state index in [1.54, 1.807) is 31.5 Å². The number of ether oxygens (including phenoxy) is 1. The summed E-state index contributed by atoms with van der Waals surface area (Å²) in [6.07, 6.45) is 2.63. The third-order valence-electron chi connectivity index (χ3n) is 2.77. The van der Waals surface area contributed by atoms with Crippen LogP contribution in [0.2, 0.25) is 0 Å². The van der Waals surface area contributed by atoms with Gasteiger partial charge in [0, 0.05) is 18.9 Å². The molecule has 1 N–H and O–H groups in total. The minimum atomic E-state index is -0.976. The molecule has 1 unspecified atom stereocenters. The number of carboxylic acids is 1. The zero-order valence-electron chi connectivity index (χ0n) is 10.00. The highest BCUT2D eigenvalue weighted by molar-refractivity contribution is 5.74. The van der Waals surface area contributed by atoms with Gasteiger partial charge in [-0.25, -0.2) is 4.79 Å². The lowest BCUT2D eigenvalue weighted by Gasteiger charge is -2.19. The number of cyclic esters (lactones) is 1. The number of hydrogen-bond acceptors (Lipinski definition) is 4. The van der Waals surface area contributed by atoms with Gasteiger partial charge >= 0.3 is 12.1 Å². The fourth-order valence-electron chi connectivity index (χ4n) is 2.02. The van der Waals surface area contributed by atoms with Crippen LogP contribution in [0.1, 0.15) is 18.9 Å². The van der Waals surface area contributed by atoms with Gasteiger partial charge in [0.1, 0.15) is 5.60 Å². The molecular weight excluding hydrogens is 236 g/mol. The van der Waals surface area contributed by atoms with Gasteiger partial charge in [0.25, 0.3) is 0 Å². The van der Waals surface area contributed by atoms with Gasteiger partial charge in [0.2, 0.25) is 0 Å². The van der Waals surface area contributed by atoms with Crippen molar-refractivity contribution in [3.8, 4) is 0 Å². The van der Waals surface area contributed by atoms with Crippen molar-refractivity contribution in [2.24, 2.45) is 0 Å². The largest absolute Gasteiger partial charge is 0.481 e. The van der Waals surface area contributed by atoms with Crippen LogP contribution in [0.3, 0.4) is 0 Å². The zero-order chi connectivity index (χ0) is 13.2. The Bertz CT molecular complexity index is 462. The maximum absolute atomic E-state index is 11.7. The Balaban J connectivity index is 2.04. The fraction of sp³-hybridized carbons (Fsp3) is 0.417. The number of rotatable bonds is 4. The minimum Gasteiger partial charge on any atom is -0.481 e. The number of pyridine rings is 1. The minimum absolute atomic E-state index is 0.189. The maximum Gasteiger partial charge on any atom is 0.410 e. The number of carbonyl (C=O) groups is 2. The number of hydrogen-bond donors (Lipinski definition) is 1. The summed E-state index contributed by atoms with van der Waals surface area (Å²) < 4.78 is 5.14. The molecule has 0 spiro atoms. The Hall–Kier alpha value is -2.11. The number of aromatic nitrogens is 1. The molecule has 1 amide bonds. The average molecular weight is 250 g/mol. The molecule has 2 rings (SSSR count). The highest BCUT2D eigenvalue weighted by Crippen LogP contribution is 2.26. The highest BCUT2D eigenvalue weighted by atomic mass is 16.6. The molecule has 0 radical (unpaired) electrons. The average Bonchev–Trinajstić information content (AvgIpc) is 2.53. The second kappa shape index (κ2) is 4.64. The topological polar surface area (TPSA) is 79.7 Å². The first-order valence-electron chi connectivity index (χ1n) is 5.57. The summed E-state index contributed by atoms with van der Waals surface area (Å²) in [4.78, 5) is 27.8. The van der Waals surface area contributed by atoms with Crippen LogP contribution in [0, 0.1) is 0 Å². The standard InChI is InChI=1S/C12H14N2O4/c1-12(6-10(15)16)8-14(11(17)18-12)7-9-2-4-13-5-3-9/h2-5H,6-8H2,1H3,(H,15,16). The number of aliphatic carboxylic acids is 1. The number of nitrogens with zero attached hydrogens (tertiary/aromatic N) is 2. The third-order valence-corrected chi connectivity index (χ3v) is 2.77. The Morgan fingerprint density at radius 1 is 1.56 bits per heavy atom. The van der Waals surface area contributed by atoms with Crippen molar-refractivity contribution < 1.29 is 19.4 Å². The van der Waals surface area contributed by atoms with Gasteiger partial charge in [-0.2, -0.15) is 0 Å². The van der Waals surface area contributed by atoms with Crippen LogP contribution in [0.5, 0.6) is 0 Å². The number of amides is 1. The van der Waals surface area contributed by atoms with Gasteiger partial charge in [-0.15, -0.1) is 0 Å². The summed E-state index contributed by atoms with van der Waals surface area (Å²) in [6, 6.07) is 3.61. The number of carbonyl (C=O) groups excluding carboxylic acids is 1. The maximum atomic E-state index is 11.7. The summed E-state index contributed by atoms with van der Waals surface area (Å²) in [5, 5.41) is 8.78. The number of carboxylic acid groups (broad SMARTS) is 1. The van der Waals surface area contributed by atoms with Crippen LogP contribution in [0.15, 0.2) is 24.5 Å². The van der Waals surface area contributed by atoms with Gasteiger partial charge in [0.05, 0.1) is 13.0 Å². The monoisotopic (exact) mass is 250 g/mol. The molecule has 1 aromatic rings. The summed E-state index contributed by atoms with van der Waals surface area (Å²) >= 11 is 0. The van der Waals surface area contributed by atoms with Crippen molar-refractivity contribution >= 4 is 12.1 Å². The van der Waals surface area contributed by atoms with Crippen molar-refractivity contribution in [2.45, 2.75) is 25.5 Å². The fourth-order valence-corrected chi connectivity index (χ4v) is 2.02. The van der Waals surface area contributed by atoms with Crippen LogP contribution < -0.4 is 0 Å². The first kappa shape index (κ1) is 12.3. The van der Waals surface area contributed by atoms with Gasteiger partial charge in [-0.05, 0) is 24.6 Å². The summed E-state index contributed by atoms with van der Waals surface area (Å²) in [5.74, 6) is -0.976. The molecule has 6 heteroatoms. The predicted octanol–water partition coefficient (Wildman–Crippen LogP) is 1.27. The van der Waals surface area contributed by atoms with Gasteiger partial charge in [0.15, 0.2) is 0 Å². The van der Waals surface area contributed by atoms with Crippen molar-refractivity contribution in [2.75, 3.05) is 6.54 Å². The molecule has 0 saturated carbocycles. The van der Waals surface area contributed by atoms with Crippen LogP contribution in [0.4, 0.5) is 4.79 Å². The quantitative estimate of drug-likeness (QED) is 0.870. The molecule has 1 saturated heterocycles. The van der Waals surface area contributed by atoms with Crippen LogP contribution >= 0.6 is 0 Å². The highest BCUT2D eigenvalue weighted by Gasteiger charge is 2.42. The molecule has 0 bridgehead atoms. The summed E-state index contributed by atoms with van der Waals surface area (Å²) in [5.41, 5.74) is -0.0165.